The Kier molecular flexibility index (Phi) is 3.73. The van der Waals surface area contributed by atoms with Gasteiger partial charge in [0.25, 0.3) is 0 Å². The van der Waals surface area contributed by atoms with Crippen LogP contribution in [0.5, 0.6) is 5.75 Å². The highest BCUT2D eigenvalue weighted by Gasteiger charge is 2.05. The van der Waals surface area contributed by atoms with E-state index in [0.717, 1.165) is 11.3 Å². The summed E-state index contributed by atoms with van der Waals surface area (Å²) in [6, 6.07) is 7.68. The van der Waals surface area contributed by atoms with E-state index in [9.17, 15) is 0 Å². The molecule has 13 heavy (non-hydrogen) atoms. The van der Waals surface area contributed by atoms with Crippen molar-refractivity contribution in [3.05, 3.63) is 29.8 Å². The fourth-order valence-corrected chi connectivity index (χ4v) is 1.11. The predicted octanol–water partition coefficient (Wildman–Crippen LogP) is 1.69. The van der Waals surface area contributed by atoms with E-state index in [1.807, 2.05) is 31.2 Å². The van der Waals surface area contributed by atoms with Crippen molar-refractivity contribution in [2.45, 2.75) is 13.0 Å². The molecule has 1 aromatic carbocycles. The van der Waals surface area contributed by atoms with Crippen molar-refractivity contribution in [3.8, 4) is 5.75 Å². The molecule has 0 saturated carbocycles. The zero-order valence-corrected chi connectivity index (χ0v) is 7.99. The molecule has 0 spiro atoms. The Bertz CT molecular complexity index is 261. The van der Waals surface area contributed by atoms with Crippen LogP contribution in [0.25, 0.3) is 0 Å². The molecule has 3 heteroatoms. The molecular weight excluding hydrogens is 166 g/mol. The zero-order chi connectivity index (χ0) is 9.68. The third-order valence-electron chi connectivity index (χ3n) is 1.74. The summed E-state index contributed by atoms with van der Waals surface area (Å²) in [5, 5.41) is 0. The van der Waals surface area contributed by atoms with E-state index < -0.39 is 0 Å². The molecule has 0 aliphatic carbocycles. The molecule has 0 heterocycles. The number of benzene rings is 1. The number of para-hydroxylation sites is 1. The van der Waals surface area contributed by atoms with Gasteiger partial charge in [-0.25, -0.2) is 0 Å². The van der Waals surface area contributed by atoms with Crippen LogP contribution in [0.1, 0.15) is 18.5 Å². The normalized spacial score (nSPS) is 12.5. The number of ether oxygens (including phenoxy) is 2. The van der Waals surface area contributed by atoms with Gasteiger partial charge >= 0.3 is 0 Å². The molecule has 2 N–H and O–H groups in total. The predicted molar refractivity (Wildman–Crippen MR) is 51.5 cm³/mol. The summed E-state index contributed by atoms with van der Waals surface area (Å²) in [7, 11) is 1.59. The fraction of sp³-hybridized carbons (Fsp3) is 0.400. The van der Waals surface area contributed by atoms with Crippen molar-refractivity contribution < 1.29 is 9.47 Å². The van der Waals surface area contributed by atoms with Crippen LogP contribution in [0.4, 0.5) is 0 Å². The SMILES string of the molecule is COCOc1ccccc1C(C)N. The van der Waals surface area contributed by atoms with Crippen molar-refractivity contribution in [1.82, 2.24) is 0 Å². The molecular formula is C10H15NO2. The van der Waals surface area contributed by atoms with E-state index in [-0.39, 0.29) is 12.8 Å². The quantitative estimate of drug-likeness (QED) is 0.719. The van der Waals surface area contributed by atoms with Crippen molar-refractivity contribution in [2.75, 3.05) is 13.9 Å². The summed E-state index contributed by atoms with van der Waals surface area (Å²) >= 11 is 0. The maximum absolute atomic E-state index is 5.77. The van der Waals surface area contributed by atoms with Crippen LogP contribution in [0, 0.1) is 0 Å². The van der Waals surface area contributed by atoms with Crippen LogP contribution in [-0.4, -0.2) is 13.9 Å². The lowest BCUT2D eigenvalue weighted by Crippen LogP contribution is -2.08. The lowest BCUT2D eigenvalue weighted by atomic mass is 10.1. The molecule has 0 amide bonds. The Morgan fingerprint density at radius 1 is 1.38 bits per heavy atom. The van der Waals surface area contributed by atoms with Gasteiger partial charge in [0.15, 0.2) is 6.79 Å². The molecule has 0 fully saturated rings. The standard InChI is InChI=1S/C10H15NO2/c1-8(11)9-5-3-4-6-10(9)13-7-12-2/h3-6,8H,7,11H2,1-2H3. The Balaban J connectivity index is 2.78. The van der Waals surface area contributed by atoms with Gasteiger partial charge < -0.3 is 15.2 Å². The van der Waals surface area contributed by atoms with Gasteiger partial charge in [0.05, 0.1) is 0 Å². The summed E-state index contributed by atoms with van der Waals surface area (Å²) in [5.41, 5.74) is 6.77. The summed E-state index contributed by atoms with van der Waals surface area (Å²) in [5.74, 6) is 0.791. The minimum absolute atomic E-state index is 0.0203. The number of hydrogen-bond donors (Lipinski definition) is 1. The number of hydrogen-bond acceptors (Lipinski definition) is 3. The van der Waals surface area contributed by atoms with Gasteiger partial charge in [-0.1, -0.05) is 18.2 Å². The monoisotopic (exact) mass is 181 g/mol. The number of rotatable bonds is 4. The van der Waals surface area contributed by atoms with Crippen LogP contribution < -0.4 is 10.5 Å². The summed E-state index contributed by atoms with van der Waals surface area (Å²) < 4.78 is 10.2. The van der Waals surface area contributed by atoms with Gasteiger partial charge in [0.1, 0.15) is 5.75 Å². The summed E-state index contributed by atoms with van der Waals surface area (Å²) in [6.45, 7) is 2.18. The van der Waals surface area contributed by atoms with Gasteiger partial charge in [-0.15, -0.1) is 0 Å². The van der Waals surface area contributed by atoms with Crippen molar-refractivity contribution >= 4 is 0 Å². The van der Waals surface area contributed by atoms with Crippen molar-refractivity contribution in [2.24, 2.45) is 5.73 Å². The molecule has 0 aliphatic heterocycles. The van der Waals surface area contributed by atoms with Gasteiger partial charge in [-0.3, -0.25) is 0 Å². The molecule has 1 unspecified atom stereocenters. The molecule has 0 saturated heterocycles. The molecule has 0 aliphatic rings. The maximum Gasteiger partial charge on any atom is 0.188 e. The molecule has 3 nitrogen and oxygen atoms in total. The molecule has 1 rings (SSSR count). The Morgan fingerprint density at radius 3 is 2.69 bits per heavy atom. The first kappa shape index (κ1) is 10.0. The second-order valence-electron chi connectivity index (χ2n) is 2.88. The van der Waals surface area contributed by atoms with E-state index in [1.165, 1.54) is 0 Å². The molecule has 0 radical (unpaired) electrons. The maximum atomic E-state index is 5.77. The second-order valence-corrected chi connectivity index (χ2v) is 2.88. The Hall–Kier alpha value is -1.06. The fourth-order valence-electron chi connectivity index (χ4n) is 1.11. The van der Waals surface area contributed by atoms with Crippen LogP contribution >= 0.6 is 0 Å². The zero-order valence-electron chi connectivity index (χ0n) is 7.99. The van der Waals surface area contributed by atoms with Gasteiger partial charge in [0.2, 0.25) is 0 Å². The number of methoxy groups -OCH3 is 1. The van der Waals surface area contributed by atoms with Gasteiger partial charge in [-0.05, 0) is 13.0 Å². The van der Waals surface area contributed by atoms with Gasteiger partial charge in [-0.2, -0.15) is 0 Å². The molecule has 1 atom stereocenters. The highest BCUT2D eigenvalue weighted by atomic mass is 16.7. The first-order valence-corrected chi connectivity index (χ1v) is 4.22. The third-order valence-corrected chi connectivity index (χ3v) is 1.74. The smallest absolute Gasteiger partial charge is 0.188 e. The molecule has 72 valence electrons. The average molecular weight is 181 g/mol. The lowest BCUT2D eigenvalue weighted by Gasteiger charge is -2.12. The highest BCUT2D eigenvalue weighted by molar-refractivity contribution is 5.35. The first-order valence-electron chi connectivity index (χ1n) is 4.22. The second kappa shape index (κ2) is 4.84. The number of nitrogens with two attached hydrogens (primary N) is 1. The van der Waals surface area contributed by atoms with Crippen LogP contribution in [-0.2, 0) is 4.74 Å². The molecule has 0 bridgehead atoms. The van der Waals surface area contributed by atoms with E-state index in [2.05, 4.69) is 0 Å². The highest BCUT2D eigenvalue weighted by Crippen LogP contribution is 2.22. The minimum Gasteiger partial charge on any atom is -0.467 e. The largest absolute Gasteiger partial charge is 0.467 e. The van der Waals surface area contributed by atoms with Crippen LogP contribution in [0.2, 0.25) is 0 Å². The summed E-state index contributed by atoms with van der Waals surface area (Å²) in [6.07, 6.45) is 0. The van der Waals surface area contributed by atoms with Crippen molar-refractivity contribution in [3.63, 3.8) is 0 Å². The van der Waals surface area contributed by atoms with Crippen LogP contribution in [0.3, 0.4) is 0 Å². The van der Waals surface area contributed by atoms with E-state index in [0.29, 0.717) is 0 Å². The first-order chi connectivity index (χ1) is 6.25. The Morgan fingerprint density at radius 2 is 2.08 bits per heavy atom. The Labute approximate surface area is 78.5 Å². The topological polar surface area (TPSA) is 44.5 Å². The lowest BCUT2D eigenvalue weighted by molar-refractivity contribution is 0.0502. The summed E-state index contributed by atoms with van der Waals surface area (Å²) in [4.78, 5) is 0. The molecule has 0 aromatic heterocycles. The average Bonchev–Trinajstić information content (AvgIpc) is 2.15. The third kappa shape index (κ3) is 2.72. The molecule has 1 aromatic rings. The van der Waals surface area contributed by atoms with Crippen LogP contribution in [0.15, 0.2) is 24.3 Å². The van der Waals surface area contributed by atoms with Crippen molar-refractivity contribution in [1.29, 1.82) is 0 Å². The van der Waals surface area contributed by atoms with Gasteiger partial charge in [0, 0.05) is 18.7 Å². The van der Waals surface area contributed by atoms with E-state index in [1.54, 1.807) is 7.11 Å². The minimum atomic E-state index is -0.0203. The van der Waals surface area contributed by atoms with E-state index in [4.69, 9.17) is 15.2 Å². The van der Waals surface area contributed by atoms with E-state index >= 15 is 0 Å².